The number of benzene rings is 1. The fraction of sp³-hybridized carbons (Fsp3) is 0.500. The molecule has 1 amide bonds. The van der Waals surface area contributed by atoms with Gasteiger partial charge in [0.2, 0.25) is 5.91 Å². The summed E-state index contributed by atoms with van der Waals surface area (Å²) >= 11 is 0. The Kier molecular flexibility index (Phi) is 3.87. The Labute approximate surface area is 108 Å². The van der Waals surface area contributed by atoms with Crippen molar-refractivity contribution in [3.05, 3.63) is 29.8 Å². The number of nitrogens with two attached hydrogens (primary N) is 1. The summed E-state index contributed by atoms with van der Waals surface area (Å²) in [6.45, 7) is 0.551. The van der Waals surface area contributed by atoms with Crippen LogP contribution in [-0.2, 0) is 10.3 Å². The molecule has 0 saturated heterocycles. The van der Waals surface area contributed by atoms with Gasteiger partial charge in [-0.25, -0.2) is 0 Å². The van der Waals surface area contributed by atoms with E-state index in [1.165, 1.54) is 0 Å². The molecule has 98 valence electrons. The van der Waals surface area contributed by atoms with Gasteiger partial charge in [-0.2, -0.15) is 0 Å². The molecule has 0 bridgehead atoms. The van der Waals surface area contributed by atoms with Crippen molar-refractivity contribution in [2.24, 2.45) is 5.73 Å². The Balaban J connectivity index is 2.09. The van der Waals surface area contributed by atoms with Gasteiger partial charge < -0.3 is 15.8 Å². The number of carbonyl (C=O) groups is 1. The van der Waals surface area contributed by atoms with Gasteiger partial charge in [0.25, 0.3) is 0 Å². The van der Waals surface area contributed by atoms with Crippen molar-refractivity contribution in [2.75, 3.05) is 13.7 Å². The summed E-state index contributed by atoms with van der Waals surface area (Å²) in [4.78, 5) is 11.8. The van der Waals surface area contributed by atoms with Crippen LogP contribution in [0.5, 0.6) is 5.75 Å². The Morgan fingerprint density at radius 1 is 1.44 bits per heavy atom. The zero-order chi connectivity index (χ0) is 13.0. The van der Waals surface area contributed by atoms with Crippen molar-refractivity contribution >= 4 is 5.91 Å². The highest BCUT2D eigenvalue weighted by atomic mass is 16.5. The summed E-state index contributed by atoms with van der Waals surface area (Å²) in [5.74, 6) is 0.915. The van der Waals surface area contributed by atoms with Crippen LogP contribution in [0.3, 0.4) is 0 Å². The predicted octanol–water partition coefficient (Wildman–Crippen LogP) is 1.54. The molecule has 1 aliphatic rings. The number of carbonyl (C=O) groups excluding carboxylic acids is 1. The Hall–Kier alpha value is -1.55. The number of methoxy groups -OCH3 is 1. The van der Waals surface area contributed by atoms with Gasteiger partial charge in [0.15, 0.2) is 0 Å². The number of ether oxygens (including phenoxy) is 1. The molecule has 0 aliphatic heterocycles. The van der Waals surface area contributed by atoms with Crippen LogP contribution in [0.2, 0.25) is 0 Å². The van der Waals surface area contributed by atoms with E-state index in [9.17, 15) is 4.79 Å². The van der Waals surface area contributed by atoms with Crippen LogP contribution in [-0.4, -0.2) is 19.6 Å². The maximum Gasteiger partial charge on any atom is 0.220 e. The van der Waals surface area contributed by atoms with Crippen molar-refractivity contribution in [1.29, 1.82) is 0 Å². The zero-order valence-electron chi connectivity index (χ0n) is 10.7. The van der Waals surface area contributed by atoms with Gasteiger partial charge in [-0.15, -0.1) is 0 Å². The number of para-hydroxylation sites is 1. The number of nitrogens with one attached hydrogen (secondary N) is 1. The first-order valence-electron chi connectivity index (χ1n) is 6.36. The maximum absolute atomic E-state index is 11.8. The normalized spacial score (nSPS) is 16.1. The monoisotopic (exact) mass is 248 g/mol. The first-order valence-corrected chi connectivity index (χ1v) is 6.36. The van der Waals surface area contributed by atoms with Crippen molar-refractivity contribution in [3.63, 3.8) is 0 Å². The molecule has 1 aromatic rings. The van der Waals surface area contributed by atoms with Crippen LogP contribution in [0, 0.1) is 0 Å². The van der Waals surface area contributed by atoms with Crippen LogP contribution in [0.15, 0.2) is 24.3 Å². The lowest BCUT2D eigenvalue weighted by Crippen LogP contribution is -2.35. The lowest BCUT2D eigenvalue weighted by atomic mass is 10.0. The predicted molar refractivity (Wildman–Crippen MR) is 70.3 cm³/mol. The van der Waals surface area contributed by atoms with Crippen LogP contribution in [0.25, 0.3) is 0 Å². The fourth-order valence-electron chi connectivity index (χ4n) is 2.22. The molecule has 0 radical (unpaired) electrons. The first kappa shape index (κ1) is 12.9. The number of rotatable bonds is 6. The first-order chi connectivity index (χ1) is 8.72. The summed E-state index contributed by atoms with van der Waals surface area (Å²) < 4.78 is 5.36. The summed E-state index contributed by atoms with van der Waals surface area (Å²) in [5.41, 5.74) is 6.28. The topological polar surface area (TPSA) is 64.3 Å². The molecule has 2 rings (SSSR count). The second kappa shape index (κ2) is 5.40. The lowest BCUT2D eigenvalue weighted by Gasteiger charge is -2.20. The molecule has 4 heteroatoms. The smallest absolute Gasteiger partial charge is 0.220 e. The third kappa shape index (κ3) is 2.64. The summed E-state index contributed by atoms with van der Waals surface area (Å²) in [5, 5.41) is 3.12. The van der Waals surface area contributed by atoms with Crippen LogP contribution in [0.4, 0.5) is 0 Å². The van der Waals surface area contributed by atoms with E-state index in [0.29, 0.717) is 13.0 Å². The molecule has 0 atom stereocenters. The highest BCUT2D eigenvalue weighted by Gasteiger charge is 2.47. The molecule has 1 aromatic carbocycles. The molecule has 0 aromatic heterocycles. The molecule has 4 nitrogen and oxygen atoms in total. The van der Waals surface area contributed by atoms with E-state index < -0.39 is 0 Å². The van der Waals surface area contributed by atoms with Gasteiger partial charge in [-0.05, 0) is 31.9 Å². The van der Waals surface area contributed by atoms with E-state index >= 15 is 0 Å². The lowest BCUT2D eigenvalue weighted by molar-refractivity contribution is -0.122. The van der Waals surface area contributed by atoms with Crippen molar-refractivity contribution < 1.29 is 9.53 Å². The standard InChI is InChI=1S/C14H20N2O2/c1-18-12-6-3-2-5-11(12)14(8-9-14)16-13(17)7-4-10-15/h2-3,5-6H,4,7-10,15H2,1H3,(H,16,17). The van der Waals surface area contributed by atoms with Gasteiger partial charge in [-0.1, -0.05) is 18.2 Å². The second-order valence-corrected chi connectivity index (χ2v) is 4.72. The van der Waals surface area contributed by atoms with E-state index in [-0.39, 0.29) is 11.4 Å². The van der Waals surface area contributed by atoms with Crippen molar-refractivity contribution in [1.82, 2.24) is 5.32 Å². The number of hydrogen-bond donors (Lipinski definition) is 2. The van der Waals surface area contributed by atoms with Gasteiger partial charge in [0.1, 0.15) is 5.75 Å². The quantitative estimate of drug-likeness (QED) is 0.802. The minimum Gasteiger partial charge on any atom is -0.496 e. The average Bonchev–Trinajstić information content (AvgIpc) is 3.17. The largest absolute Gasteiger partial charge is 0.496 e. The third-order valence-electron chi connectivity index (χ3n) is 3.36. The fourth-order valence-corrected chi connectivity index (χ4v) is 2.22. The Morgan fingerprint density at radius 2 is 2.17 bits per heavy atom. The molecule has 0 spiro atoms. The molecule has 1 saturated carbocycles. The van der Waals surface area contributed by atoms with Crippen LogP contribution in [0.1, 0.15) is 31.2 Å². The minimum atomic E-state index is -0.210. The maximum atomic E-state index is 11.8. The number of amides is 1. The summed E-state index contributed by atoms with van der Waals surface area (Å²) in [6, 6.07) is 7.87. The Morgan fingerprint density at radius 3 is 2.78 bits per heavy atom. The molecule has 18 heavy (non-hydrogen) atoms. The van der Waals surface area contributed by atoms with E-state index in [1.54, 1.807) is 7.11 Å². The van der Waals surface area contributed by atoms with E-state index in [1.807, 2.05) is 24.3 Å². The second-order valence-electron chi connectivity index (χ2n) is 4.72. The highest BCUT2D eigenvalue weighted by Crippen LogP contribution is 2.48. The molecule has 1 aliphatic carbocycles. The molecule has 0 unspecified atom stereocenters. The average molecular weight is 248 g/mol. The SMILES string of the molecule is COc1ccccc1C1(NC(=O)CCCN)CC1. The molecule has 0 heterocycles. The van der Waals surface area contributed by atoms with Gasteiger partial charge >= 0.3 is 0 Å². The summed E-state index contributed by atoms with van der Waals surface area (Å²) in [7, 11) is 1.66. The molecule has 1 fully saturated rings. The van der Waals surface area contributed by atoms with Gasteiger partial charge in [0.05, 0.1) is 12.6 Å². The zero-order valence-corrected chi connectivity index (χ0v) is 10.7. The summed E-state index contributed by atoms with van der Waals surface area (Å²) in [6.07, 6.45) is 3.17. The third-order valence-corrected chi connectivity index (χ3v) is 3.36. The van der Waals surface area contributed by atoms with Gasteiger partial charge in [-0.3, -0.25) is 4.79 Å². The highest BCUT2D eigenvalue weighted by molar-refractivity contribution is 5.77. The van der Waals surface area contributed by atoms with Crippen LogP contribution < -0.4 is 15.8 Å². The molecular formula is C14H20N2O2. The van der Waals surface area contributed by atoms with E-state index in [0.717, 1.165) is 30.6 Å². The van der Waals surface area contributed by atoms with E-state index in [4.69, 9.17) is 10.5 Å². The molecular weight excluding hydrogens is 228 g/mol. The number of hydrogen-bond acceptors (Lipinski definition) is 3. The van der Waals surface area contributed by atoms with Gasteiger partial charge in [0, 0.05) is 12.0 Å². The molecule has 3 N–H and O–H groups in total. The van der Waals surface area contributed by atoms with Crippen LogP contribution >= 0.6 is 0 Å². The Bertz CT molecular complexity index is 428. The van der Waals surface area contributed by atoms with E-state index in [2.05, 4.69) is 5.32 Å². The van der Waals surface area contributed by atoms with Crippen molar-refractivity contribution in [3.8, 4) is 5.75 Å². The van der Waals surface area contributed by atoms with Crippen molar-refractivity contribution in [2.45, 2.75) is 31.2 Å². The minimum absolute atomic E-state index is 0.0730.